The summed E-state index contributed by atoms with van der Waals surface area (Å²) in [6.07, 6.45) is 9.38. The van der Waals surface area contributed by atoms with Gasteiger partial charge >= 0.3 is 12.1 Å². The van der Waals surface area contributed by atoms with Gasteiger partial charge in [-0.1, -0.05) is 43.0 Å². The average Bonchev–Trinajstić information content (AvgIpc) is 3.25. The fraction of sp³-hybridized carbons (Fsp3) is 0.735. The molecule has 2 unspecified atom stereocenters. The maximum atomic E-state index is 14.3. The standard InChI is InChI=1S/C34H54ClN5O4/c1-6-38(7-2)33(43)40(26-11-9-8-10-12-26)29-22-27-17-18-28(23-29)39(27)31(41)30(21-24-13-15-25(35)16-14-24)36-19-20-44-32(42)37-34(3,4)5/h13-16,26-30,36H,6-12,17-23H2,1-5H3,(H,37,42)/t27?,28?,29?,30-/m1/s1. The molecule has 3 fully saturated rings. The van der Waals surface area contributed by atoms with Gasteiger partial charge in [0.25, 0.3) is 0 Å². The predicted octanol–water partition coefficient (Wildman–Crippen LogP) is 5.98. The molecule has 4 amide bonds. The Kier molecular flexibility index (Phi) is 12.2. The van der Waals surface area contributed by atoms with Gasteiger partial charge in [-0.05, 0) is 97.3 Å². The van der Waals surface area contributed by atoms with E-state index >= 15 is 0 Å². The first-order valence-corrected chi connectivity index (χ1v) is 17.2. The summed E-state index contributed by atoms with van der Waals surface area (Å²) in [7, 11) is 0. The minimum absolute atomic E-state index is 0.0873. The third kappa shape index (κ3) is 9.03. The van der Waals surface area contributed by atoms with Crippen LogP contribution in [0.1, 0.15) is 98.0 Å². The summed E-state index contributed by atoms with van der Waals surface area (Å²) in [4.78, 5) is 46.6. The van der Waals surface area contributed by atoms with E-state index in [0.29, 0.717) is 37.1 Å². The van der Waals surface area contributed by atoms with E-state index < -0.39 is 12.1 Å². The van der Waals surface area contributed by atoms with E-state index in [0.717, 1.165) is 44.1 Å². The van der Waals surface area contributed by atoms with Gasteiger partial charge in [0.1, 0.15) is 6.61 Å². The van der Waals surface area contributed by atoms with Gasteiger partial charge in [-0.25, -0.2) is 9.59 Å². The van der Waals surface area contributed by atoms with Gasteiger partial charge in [0.15, 0.2) is 0 Å². The van der Waals surface area contributed by atoms with E-state index in [9.17, 15) is 14.4 Å². The number of amides is 4. The maximum Gasteiger partial charge on any atom is 0.407 e. The van der Waals surface area contributed by atoms with Crippen molar-refractivity contribution in [2.24, 2.45) is 0 Å². The van der Waals surface area contributed by atoms with Gasteiger partial charge in [-0.15, -0.1) is 0 Å². The molecule has 0 spiro atoms. The lowest BCUT2D eigenvalue weighted by atomic mass is 9.89. The third-order valence-electron chi connectivity index (χ3n) is 9.43. The molecular weight excluding hydrogens is 578 g/mol. The Labute approximate surface area is 269 Å². The molecule has 2 N–H and O–H groups in total. The van der Waals surface area contributed by atoms with E-state index in [1.165, 1.54) is 19.3 Å². The summed E-state index contributed by atoms with van der Waals surface area (Å²) >= 11 is 6.14. The summed E-state index contributed by atoms with van der Waals surface area (Å²) < 4.78 is 5.38. The maximum absolute atomic E-state index is 14.3. The Bertz CT molecular complexity index is 1090. The zero-order chi connectivity index (χ0) is 31.9. The highest BCUT2D eigenvalue weighted by molar-refractivity contribution is 6.30. The van der Waals surface area contributed by atoms with Crippen LogP contribution in [0.3, 0.4) is 0 Å². The lowest BCUT2D eigenvalue weighted by Crippen LogP contribution is -2.61. The van der Waals surface area contributed by atoms with E-state index in [1.54, 1.807) is 0 Å². The molecule has 9 nitrogen and oxygen atoms in total. The van der Waals surface area contributed by atoms with Crippen LogP contribution in [0.4, 0.5) is 9.59 Å². The lowest BCUT2D eigenvalue weighted by molar-refractivity contribution is -0.139. The highest BCUT2D eigenvalue weighted by Gasteiger charge is 2.48. The number of urea groups is 1. The second-order valence-corrected chi connectivity index (χ2v) is 14.2. The fourth-order valence-electron chi connectivity index (χ4n) is 7.36. The predicted molar refractivity (Wildman–Crippen MR) is 175 cm³/mol. The van der Waals surface area contributed by atoms with Crippen molar-refractivity contribution >= 4 is 29.6 Å². The Balaban J connectivity index is 1.46. The molecule has 4 rings (SSSR count). The number of fused-ring (bicyclic) bond motifs is 2. The third-order valence-corrected chi connectivity index (χ3v) is 9.69. The van der Waals surface area contributed by atoms with Gasteiger partial charge in [0.05, 0.1) is 6.04 Å². The second kappa shape index (κ2) is 15.7. The first kappa shape index (κ1) is 34.4. The number of halogens is 1. The smallest absolute Gasteiger partial charge is 0.407 e. The van der Waals surface area contributed by atoms with Crippen LogP contribution >= 0.6 is 11.6 Å². The van der Waals surface area contributed by atoms with Gasteiger partial charge < -0.3 is 30.1 Å². The number of piperidine rings is 1. The molecule has 2 saturated heterocycles. The van der Waals surface area contributed by atoms with Crippen LogP contribution in [-0.2, 0) is 16.0 Å². The molecular formula is C34H54ClN5O4. The Morgan fingerprint density at radius 3 is 2.14 bits per heavy atom. The van der Waals surface area contributed by atoms with Crippen molar-refractivity contribution in [2.45, 2.75) is 135 Å². The molecule has 1 aromatic carbocycles. The van der Waals surface area contributed by atoms with Crippen LogP contribution in [0.15, 0.2) is 24.3 Å². The Morgan fingerprint density at radius 1 is 0.955 bits per heavy atom. The van der Waals surface area contributed by atoms with Crippen molar-refractivity contribution in [1.29, 1.82) is 0 Å². The zero-order valence-electron chi connectivity index (χ0n) is 27.4. The normalized spacial score (nSPS) is 22.8. The van der Waals surface area contributed by atoms with Crippen molar-refractivity contribution in [2.75, 3.05) is 26.2 Å². The molecule has 1 aliphatic carbocycles. The molecule has 2 heterocycles. The van der Waals surface area contributed by atoms with Crippen LogP contribution in [0.25, 0.3) is 0 Å². The number of hydrogen-bond donors (Lipinski definition) is 2. The van der Waals surface area contributed by atoms with Crippen LogP contribution in [0, 0.1) is 0 Å². The molecule has 10 heteroatoms. The Hall–Kier alpha value is -2.52. The molecule has 0 radical (unpaired) electrons. The summed E-state index contributed by atoms with van der Waals surface area (Å²) in [5.74, 6) is 0.0873. The monoisotopic (exact) mass is 631 g/mol. The van der Waals surface area contributed by atoms with Crippen LogP contribution in [0.5, 0.6) is 0 Å². The molecule has 2 bridgehead atoms. The summed E-state index contributed by atoms with van der Waals surface area (Å²) in [6, 6.07) is 8.00. The zero-order valence-corrected chi connectivity index (χ0v) is 28.2. The molecule has 0 aromatic heterocycles. The van der Waals surface area contributed by atoms with E-state index in [-0.39, 0.29) is 42.2 Å². The summed E-state index contributed by atoms with van der Waals surface area (Å²) in [6.45, 7) is 11.8. The molecule has 1 saturated carbocycles. The van der Waals surface area contributed by atoms with E-state index in [2.05, 4.69) is 34.3 Å². The number of carbonyl (C=O) groups excluding carboxylic acids is 3. The highest BCUT2D eigenvalue weighted by Crippen LogP contribution is 2.40. The van der Waals surface area contributed by atoms with Crippen molar-refractivity contribution < 1.29 is 19.1 Å². The topological polar surface area (TPSA) is 94.2 Å². The van der Waals surface area contributed by atoms with Crippen LogP contribution in [-0.4, -0.2) is 94.7 Å². The fourth-order valence-corrected chi connectivity index (χ4v) is 7.49. The number of hydrogen-bond acceptors (Lipinski definition) is 5. The van der Waals surface area contributed by atoms with Gasteiger partial charge in [-0.2, -0.15) is 0 Å². The first-order valence-electron chi connectivity index (χ1n) is 16.8. The van der Waals surface area contributed by atoms with Gasteiger partial charge in [0, 0.05) is 54.4 Å². The number of nitrogens with zero attached hydrogens (tertiary/aromatic N) is 3. The van der Waals surface area contributed by atoms with Gasteiger partial charge in [-0.3, -0.25) is 4.79 Å². The molecule has 1 aromatic rings. The number of carbonyl (C=O) groups is 3. The minimum atomic E-state index is -0.471. The molecule has 44 heavy (non-hydrogen) atoms. The second-order valence-electron chi connectivity index (χ2n) is 13.8. The average molecular weight is 632 g/mol. The molecule has 3 atom stereocenters. The number of benzene rings is 1. The molecule has 3 aliphatic rings. The number of rotatable bonds is 11. The van der Waals surface area contributed by atoms with Crippen molar-refractivity contribution in [1.82, 2.24) is 25.3 Å². The quantitative estimate of drug-likeness (QED) is 0.293. The SMILES string of the molecule is CCN(CC)C(=O)N(C1CCCCC1)C1CC2CCC(C1)N2C(=O)[C@@H](Cc1ccc(Cl)cc1)NCCOC(=O)NC(C)(C)C. The number of alkyl carbamates (subject to hydrolysis) is 1. The highest BCUT2D eigenvalue weighted by atomic mass is 35.5. The van der Waals surface area contributed by atoms with Gasteiger partial charge in [0.2, 0.25) is 5.91 Å². The summed E-state index contributed by atoms with van der Waals surface area (Å²) in [5.41, 5.74) is 0.633. The van der Waals surface area contributed by atoms with E-state index in [1.807, 2.05) is 49.9 Å². The van der Waals surface area contributed by atoms with Crippen LogP contribution in [0.2, 0.25) is 5.02 Å². The van der Waals surface area contributed by atoms with Crippen LogP contribution < -0.4 is 10.6 Å². The lowest BCUT2D eigenvalue weighted by Gasteiger charge is -2.48. The van der Waals surface area contributed by atoms with Crippen molar-refractivity contribution in [3.63, 3.8) is 0 Å². The minimum Gasteiger partial charge on any atom is -0.448 e. The summed E-state index contributed by atoms with van der Waals surface area (Å²) in [5, 5.41) is 6.86. The van der Waals surface area contributed by atoms with E-state index in [4.69, 9.17) is 16.3 Å². The largest absolute Gasteiger partial charge is 0.448 e. The first-order chi connectivity index (χ1) is 21.0. The Morgan fingerprint density at radius 2 is 1.57 bits per heavy atom. The van der Waals surface area contributed by atoms with Crippen molar-refractivity contribution in [3.8, 4) is 0 Å². The molecule has 2 aliphatic heterocycles. The van der Waals surface area contributed by atoms with Crippen molar-refractivity contribution in [3.05, 3.63) is 34.9 Å². The number of ether oxygens (including phenoxy) is 1. The number of nitrogens with one attached hydrogen (secondary N) is 2. The molecule has 246 valence electrons.